The first-order valence-electron chi connectivity index (χ1n) is 14.0. The van der Waals surface area contributed by atoms with Crippen molar-refractivity contribution in [3.8, 4) is 6.07 Å². The lowest BCUT2D eigenvalue weighted by atomic mass is 9.98. The van der Waals surface area contributed by atoms with E-state index in [1.165, 1.54) is 4.90 Å². The number of hydrogen-bond donors (Lipinski definition) is 1. The number of benzene rings is 2. The number of carbonyl (C=O) groups excluding carboxylic acids is 2. The fourth-order valence-corrected chi connectivity index (χ4v) is 6.61. The van der Waals surface area contributed by atoms with E-state index >= 15 is 0 Å². The smallest absolute Gasteiger partial charge is 0.329 e. The van der Waals surface area contributed by atoms with Gasteiger partial charge in [0.2, 0.25) is 15.9 Å². The van der Waals surface area contributed by atoms with Gasteiger partial charge >= 0.3 is 5.97 Å². The lowest BCUT2D eigenvalue weighted by molar-refractivity contribution is -0.155. The SMILES string of the molecule is CCOC(=O)[C@H]1CC(C)=CCN1C(=O)[C@H](Cc1cccc(C#N)c1)NS(=O)(=O)c1ccc2c(c1)CN(C(C)C)CC2. The van der Waals surface area contributed by atoms with E-state index in [1.54, 1.807) is 43.3 Å². The van der Waals surface area contributed by atoms with E-state index in [0.29, 0.717) is 30.1 Å². The summed E-state index contributed by atoms with van der Waals surface area (Å²) in [6.45, 7) is 9.72. The van der Waals surface area contributed by atoms with Crippen molar-refractivity contribution in [2.45, 2.75) is 76.5 Å². The van der Waals surface area contributed by atoms with Gasteiger partial charge in [0.15, 0.2) is 0 Å². The van der Waals surface area contributed by atoms with Crippen LogP contribution in [-0.2, 0) is 43.7 Å². The van der Waals surface area contributed by atoms with Crippen LogP contribution in [-0.4, -0.2) is 67.9 Å². The molecule has 0 fully saturated rings. The minimum atomic E-state index is -4.12. The molecule has 0 radical (unpaired) electrons. The summed E-state index contributed by atoms with van der Waals surface area (Å²) in [5, 5.41) is 9.37. The molecule has 2 aromatic rings. The summed E-state index contributed by atoms with van der Waals surface area (Å²) in [7, 11) is -4.12. The molecule has 2 aliphatic rings. The predicted octanol–water partition coefficient (Wildman–Crippen LogP) is 3.32. The maximum absolute atomic E-state index is 14.0. The van der Waals surface area contributed by atoms with Crippen LogP contribution in [0.15, 0.2) is 59.0 Å². The van der Waals surface area contributed by atoms with Gasteiger partial charge in [-0.25, -0.2) is 13.2 Å². The van der Waals surface area contributed by atoms with E-state index < -0.39 is 34.0 Å². The second-order valence-corrected chi connectivity index (χ2v) is 12.7. The molecular formula is C31H38N4O5S. The zero-order chi connectivity index (χ0) is 29.7. The molecule has 2 atom stereocenters. The topological polar surface area (TPSA) is 120 Å². The van der Waals surface area contributed by atoms with Crippen LogP contribution in [0.4, 0.5) is 0 Å². The Morgan fingerprint density at radius 3 is 2.66 bits per heavy atom. The number of hydrogen-bond acceptors (Lipinski definition) is 7. The highest BCUT2D eigenvalue weighted by Gasteiger charge is 2.38. The van der Waals surface area contributed by atoms with Gasteiger partial charge in [0.1, 0.15) is 12.1 Å². The molecular weight excluding hydrogens is 540 g/mol. The third-order valence-electron chi connectivity index (χ3n) is 7.72. The summed E-state index contributed by atoms with van der Waals surface area (Å²) >= 11 is 0. The number of amides is 1. The molecule has 0 aromatic heterocycles. The minimum absolute atomic E-state index is 0.00833. The van der Waals surface area contributed by atoms with Gasteiger partial charge in [-0.15, -0.1) is 0 Å². The Labute approximate surface area is 242 Å². The minimum Gasteiger partial charge on any atom is -0.464 e. The van der Waals surface area contributed by atoms with Gasteiger partial charge in [0.25, 0.3) is 0 Å². The van der Waals surface area contributed by atoms with Crippen molar-refractivity contribution in [2.75, 3.05) is 19.7 Å². The van der Waals surface area contributed by atoms with E-state index in [0.717, 1.165) is 29.7 Å². The molecule has 0 aliphatic carbocycles. The van der Waals surface area contributed by atoms with Crippen molar-refractivity contribution in [3.63, 3.8) is 0 Å². The van der Waals surface area contributed by atoms with Crippen LogP contribution in [0.2, 0.25) is 0 Å². The van der Waals surface area contributed by atoms with E-state index in [1.807, 2.05) is 19.1 Å². The molecule has 1 N–H and O–H groups in total. The molecule has 218 valence electrons. The number of esters is 1. The highest BCUT2D eigenvalue weighted by atomic mass is 32.2. The van der Waals surface area contributed by atoms with Gasteiger partial charge in [-0.05, 0) is 87.9 Å². The normalized spacial score (nSPS) is 18.3. The number of nitrogens with one attached hydrogen (secondary N) is 1. The number of rotatable bonds is 9. The molecule has 1 amide bonds. The third kappa shape index (κ3) is 7.22. The van der Waals surface area contributed by atoms with Crippen molar-refractivity contribution < 1.29 is 22.7 Å². The Bertz CT molecular complexity index is 1480. The summed E-state index contributed by atoms with van der Waals surface area (Å²) in [4.78, 5) is 30.6. The first kappa shape index (κ1) is 30.4. The van der Waals surface area contributed by atoms with Crippen LogP contribution < -0.4 is 4.72 Å². The van der Waals surface area contributed by atoms with Gasteiger partial charge in [0.05, 0.1) is 23.1 Å². The Morgan fingerprint density at radius 1 is 1.17 bits per heavy atom. The van der Waals surface area contributed by atoms with E-state index in [2.05, 4.69) is 29.5 Å². The predicted molar refractivity (Wildman–Crippen MR) is 155 cm³/mol. The number of carbonyl (C=O) groups is 2. The van der Waals surface area contributed by atoms with Gasteiger partial charge in [0, 0.05) is 25.7 Å². The van der Waals surface area contributed by atoms with Crippen LogP contribution in [0.1, 0.15) is 56.4 Å². The highest BCUT2D eigenvalue weighted by Crippen LogP contribution is 2.25. The summed E-state index contributed by atoms with van der Waals surface area (Å²) in [5.74, 6) is -1.05. The number of nitrogens with zero attached hydrogens (tertiary/aromatic N) is 3. The molecule has 10 heteroatoms. The molecule has 0 spiro atoms. The quantitative estimate of drug-likeness (QED) is 0.358. The number of ether oxygens (including phenoxy) is 1. The zero-order valence-corrected chi connectivity index (χ0v) is 24.9. The molecule has 41 heavy (non-hydrogen) atoms. The molecule has 0 saturated heterocycles. The largest absolute Gasteiger partial charge is 0.464 e. The van der Waals surface area contributed by atoms with Crippen molar-refractivity contribution >= 4 is 21.9 Å². The monoisotopic (exact) mass is 578 g/mol. The second-order valence-electron chi connectivity index (χ2n) is 10.9. The van der Waals surface area contributed by atoms with Crippen LogP contribution >= 0.6 is 0 Å². The first-order valence-corrected chi connectivity index (χ1v) is 15.5. The molecule has 0 saturated carbocycles. The van der Waals surface area contributed by atoms with Crippen molar-refractivity contribution in [1.82, 2.24) is 14.5 Å². The summed E-state index contributed by atoms with van der Waals surface area (Å²) in [6, 6.07) is 12.2. The summed E-state index contributed by atoms with van der Waals surface area (Å²) in [6.07, 6.45) is 3.02. The average Bonchev–Trinajstić information content (AvgIpc) is 2.95. The fourth-order valence-electron chi connectivity index (χ4n) is 5.37. The first-order chi connectivity index (χ1) is 19.5. The van der Waals surface area contributed by atoms with Gasteiger partial charge in [-0.3, -0.25) is 9.69 Å². The molecule has 2 heterocycles. The van der Waals surface area contributed by atoms with Gasteiger partial charge in [-0.2, -0.15) is 9.98 Å². The molecule has 4 rings (SSSR count). The van der Waals surface area contributed by atoms with E-state index in [9.17, 15) is 23.3 Å². The average molecular weight is 579 g/mol. The van der Waals surface area contributed by atoms with E-state index in [-0.39, 0.29) is 24.5 Å². The van der Waals surface area contributed by atoms with Crippen LogP contribution in [0.25, 0.3) is 0 Å². The Hall–Kier alpha value is -3.52. The molecule has 2 aliphatic heterocycles. The molecule has 9 nitrogen and oxygen atoms in total. The van der Waals surface area contributed by atoms with Crippen LogP contribution in [0, 0.1) is 11.3 Å². The maximum atomic E-state index is 14.0. The van der Waals surface area contributed by atoms with E-state index in [4.69, 9.17) is 4.74 Å². The lowest BCUT2D eigenvalue weighted by Crippen LogP contribution is -2.56. The standard InChI is InChI=1S/C31H38N4O5S/c1-5-40-31(37)29-15-22(4)11-14-35(29)30(36)28(17-23-7-6-8-24(16-23)19-32)33-41(38,39)27-10-9-25-12-13-34(21(2)3)20-26(25)18-27/h6-11,16,18,21,28-29,33H,5,12-15,17,20H2,1-4H3/t28-,29+/m0/s1. The van der Waals surface area contributed by atoms with Crippen LogP contribution in [0.3, 0.4) is 0 Å². The van der Waals surface area contributed by atoms with Gasteiger partial charge < -0.3 is 9.64 Å². The molecule has 0 unspecified atom stereocenters. The summed E-state index contributed by atoms with van der Waals surface area (Å²) < 4.78 is 35.4. The Kier molecular flexibility index (Phi) is 9.64. The summed E-state index contributed by atoms with van der Waals surface area (Å²) in [5.41, 5.74) is 4.06. The third-order valence-corrected chi connectivity index (χ3v) is 9.19. The zero-order valence-electron chi connectivity index (χ0n) is 24.1. The maximum Gasteiger partial charge on any atom is 0.329 e. The van der Waals surface area contributed by atoms with Crippen molar-refractivity contribution in [3.05, 3.63) is 76.4 Å². The van der Waals surface area contributed by atoms with Crippen molar-refractivity contribution in [1.29, 1.82) is 5.26 Å². The van der Waals surface area contributed by atoms with Crippen molar-refractivity contribution in [2.24, 2.45) is 0 Å². The lowest BCUT2D eigenvalue weighted by Gasteiger charge is -2.35. The molecule has 0 bridgehead atoms. The second kappa shape index (κ2) is 13.0. The Balaban J connectivity index is 1.67. The highest BCUT2D eigenvalue weighted by molar-refractivity contribution is 7.89. The number of fused-ring (bicyclic) bond motifs is 1. The molecule has 2 aromatic carbocycles. The van der Waals surface area contributed by atoms with Gasteiger partial charge in [-0.1, -0.05) is 29.8 Å². The van der Waals surface area contributed by atoms with Crippen LogP contribution in [0.5, 0.6) is 0 Å². The number of sulfonamides is 1. The number of nitriles is 1. The Morgan fingerprint density at radius 2 is 1.95 bits per heavy atom. The fraction of sp³-hybridized carbons (Fsp3) is 0.452.